The van der Waals surface area contributed by atoms with Crippen LogP contribution < -0.4 is 16.0 Å². The van der Waals surface area contributed by atoms with E-state index in [1.54, 1.807) is 18.1 Å². The largest absolute Gasteiger partial charge is 0.444 e. The Morgan fingerprint density at radius 1 is 1.07 bits per heavy atom. The average molecular weight is 556 g/mol. The normalized spacial score (nSPS) is 17.1. The highest BCUT2D eigenvalue weighted by Gasteiger charge is 2.51. The summed E-state index contributed by atoms with van der Waals surface area (Å²) in [7, 11) is 1.71. The third-order valence-electron chi connectivity index (χ3n) is 7.63. The minimum Gasteiger partial charge on any atom is -0.444 e. The van der Waals surface area contributed by atoms with E-state index in [1.807, 2.05) is 70.2 Å². The summed E-state index contributed by atoms with van der Waals surface area (Å²) in [5.41, 5.74) is 5.59. The van der Waals surface area contributed by atoms with E-state index in [2.05, 4.69) is 27.0 Å². The number of benzene rings is 2. The van der Waals surface area contributed by atoms with Crippen LogP contribution in [0, 0.1) is 6.92 Å². The lowest BCUT2D eigenvalue weighted by molar-refractivity contribution is -0.120. The zero-order valence-electron chi connectivity index (χ0n) is 24.3. The second kappa shape index (κ2) is 11.0. The fourth-order valence-electron chi connectivity index (χ4n) is 5.63. The minimum absolute atomic E-state index is 0.0209. The molecule has 2 aliphatic rings. The number of amides is 3. The predicted molar refractivity (Wildman–Crippen MR) is 158 cm³/mol. The van der Waals surface area contributed by atoms with Gasteiger partial charge in [-0.1, -0.05) is 36.4 Å². The molecule has 9 nitrogen and oxygen atoms in total. The molecule has 0 bridgehead atoms. The Balaban J connectivity index is 1.19. The van der Waals surface area contributed by atoms with Crippen molar-refractivity contribution in [2.45, 2.75) is 64.6 Å². The van der Waals surface area contributed by atoms with Crippen LogP contribution in [0.4, 0.5) is 16.3 Å². The number of pyridine rings is 1. The van der Waals surface area contributed by atoms with E-state index < -0.39 is 11.0 Å². The van der Waals surface area contributed by atoms with Gasteiger partial charge in [-0.15, -0.1) is 0 Å². The van der Waals surface area contributed by atoms with E-state index in [0.717, 1.165) is 39.1 Å². The molecular weight excluding hydrogens is 518 g/mol. The highest BCUT2D eigenvalue weighted by atomic mass is 16.6. The Bertz CT molecular complexity index is 1510. The number of aromatic nitrogens is 1. The second-order valence-electron chi connectivity index (χ2n) is 12.0. The first-order valence-electron chi connectivity index (χ1n) is 13.9. The summed E-state index contributed by atoms with van der Waals surface area (Å²) in [5, 5.41) is 9.20. The number of rotatable bonds is 7. The number of nitrogens with zero attached hydrogens (tertiary/aromatic N) is 2. The third kappa shape index (κ3) is 5.95. The highest BCUT2D eigenvalue weighted by molar-refractivity contribution is 6.06. The van der Waals surface area contributed by atoms with E-state index in [9.17, 15) is 14.4 Å². The first kappa shape index (κ1) is 28.3. The van der Waals surface area contributed by atoms with Crippen LogP contribution in [0.2, 0.25) is 0 Å². The zero-order valence-corrected chi connectivity index (χ0v) is 24.3. The molecule has 0 saturated carbocycles. The molecule has 1 unspecified atom stereocenters. The quantitative estimate of drug-likeness (QED) is 0.397. The Labute approximate surface area is 240 Å². The van der Waals surface area contributed by atoms with Gasteiger partial charge in [0, 0.05) is 37.6 Å². The fourth-order valence-corrected chi connectivity index (χ4v) is 5.63. The molecule has 1 aliphatic heterocycles. The number of fused-ring (bicyclic) bond motifs is 3. The van der Waals surface area contributed by atoms with Gasteiger partial charge in [0.15, 0.2) is 0 Å². The van der Waals surface area contributed by atoms with Gasteiger partial charge in [0.2, 0.25) is 11.8 Å². The summed E-state index contributed by atoms with van der Waals surface area (Å²) in [6, 6.07) is 15.7. The smallest absolute Gasteiger partial charge is 0.410 e. The van der Waals surface area contributed by atoms with Gasteiger partial charge >= 0.3 is 6.09 Å². The molecule has 3 aromatic rings. The van der Waals surface area contributed by atoms with Crippen LogP contribution in [0.5, 0.6) is 0 Å². The molecule has 5 rings (SSSR count). The lowest BCUT2D eigenvalue weighted by atomic mass is 9.79. The Morgan fingerprint density at radius 2 is 1.78 bits per heavy atom. The van der Waals surface area contributed by atoms with Gasteiger partial charge in [-0.3, -0.25) is 9.59 Å². The number of anilines is 2. The number of aryl methyl sites for hydroxylation is 1. The summed E-state index contributed by atoms with van der Waals surface area (Å²) >= 11 is 0. The van der Waals surface area contributed by atoms with Crippen LogP contribution >= 0.6 is 0 Å². The maximum absolute atomic E-state index is 13.0. The van der Waals surface area contributed by atoms with Crippen molar-refractivity contribution in [3.05, 3.63) is 88.1 Å². The number of ether oxygens (including phenoxy) is 1. The van der Waals surface area contributed by atoms with Crippen LogP contribution in [0.15, 0.2) is 54.7 Å². The Kier molecular flexibility index (Phi) is 7.57. The topological polar surface area (TPSA) is 113 Å². The highest BCUT2D eigenvalue weighted by Crippen LogP contribution is 2.47. The van der Waals surface area contributed by atoms with Crippen molar-refractivity contribution < 1.29 is 19.1 Å². The zero-order chi connectivity index (χ0) is 29.4. The summed E-state index contributed by atoms with van der Waals surface area (Å²) in [6.07, 6.45) is 2.49. The number of carbonyl (C=O) groups is 3. The molecule has 1 aliphatic carbocycles. The van der Waals surface area contributed by atoms with E-state index in [-0.39, 0.29) is 24.5 Å². The van der Waals surface area contributed by atoms with Crippen LogP contribution in [0.25, 0.3) is 0 Å². The van der Waals surface area contributed by atoms with Crippen LogP contribution in [0.1, 0.15) is 54.2 Å². The van der Waals surface area contributed by atoms with Gasteiger partial charge in [0.1, 0.15) is 11.4 Å². The van der Waals surface area contributed by atoms with Gasteiger partial charge in [0.25, 0.3) is 0 Å². The monoisotopic (exact) mass is 555 g/mol. The molecule has 1 aromatic heterocycles. The summed E-state index contributed by atoms with van der Waals surface area (Å²) in [6.45, 7) is 8.48. The molecule has 0 saturated heterocycles. The number of nitrogens with one attached hydrogen (secondary N) is 3. The van der Waals surface area contributed by atoms with Gasteiger partial charge < -0.3 is 25.6 Å². The van der Waals surface area contributed by atoms with Crippen molar-refractivity contribution in [1.82, 2.24) is 15.2 Å². The summed E-state index contributed by atoms with van der Waals surface area (Å²) in [4.78, 5) is 44.2. The first-order chi connectivity index (χ1) is 19.4. The molecule has 214 valence electrons. The fraction of sp³-hybridized carbons (Fsp3) is 0.375. The molecule has 2 heterocycles. The average Bonchev–Trinajstić information content (AvgIpc) is 3.40. The first-order valence-corrected chi connectivity index (χ1v) is 13.9. The molecule has 1 spiro atoms. The SMILES string of the molecule is Cc1cc2c(cc1NC(=O)CNCc1ccccc1CN(C)C(=O)OC(C)(C)C)CC1(C2)C(=O)Nc2ncccc21. The standard InChI is InChI=1S/C32H37N5O4/c1-20-13-23-15-32(25-11-8-12-34-28(25)36-29(32)39)16-24(23)14-26(20)35-27(38)18-33-17-21-9-6-7-10-22(21)19-37(5)30(40)41-31(2,3)4/h6-14,33H,15-19H2,1-5H3,(H,35,38)(H,34,36,39). The lowest BCUT2D eigenvalue weighted by Crippen LogP contribution is -2.35. The van der Waals surface area contributed by atoms with Gasteiger partial charge in [-0.05, 0) is 80.5 Å². The number of hydrogen-bond acceptors (Lipinski definition) is 6. The molecule has 9 heteroatoms. The minimum atomic E-state index is -0.645. The van der Waals surface area contributed by atoms with Crippen molar-refractivity contribution >= 4 is 29.4 Å². The molecule has 3 amide bonds. The molecule has 0 fully saturated rings. The maximum atomic E-state index is 13.0. The van der Waals surface area contributed by atoms with Crippen molar-refractivity contribution in [2.75, 3.05) is 24.2 Å². The molecule has 0 radical (unpaired) electrons. The van der Waals surface area contributed by atoms with Crippen molar-refractivity contribution in [3.8, 4) is 0 Å². The number of hydrogen-bond donors (Lipinski definition) is 3. The van der Waals surface area contributed by atoms with Gasteiger partial charge in [-0.25, -0.2) is 9.78 Å². The summed E-state index contributed by atoms with van der Waals surface area (Å²) < 4.78 is 5.46. The van der Waals surface area contributed by atoms with Crippen LogP contribution in [-0.2, 0) is 45.7 Å². The van der Waals surface area contributed by atoms with E-state index >= 15 is 0 Å². The maximum Gasteiger partial charge on any atom is 0.410 e. The molecular formula is C32H37N5O4. The van der Waals surface area contributed by atoms with Gasteiger partial charge in [-0.2, -0.15) is 0 Å². The molecule has 3 N–H and O–H groups in total. The Morgan fingerprint density at radius 3 is 2.51 bits per heavy atom. The van der Waals surface area contributed by atoms with Crippen molar-refractivity contribution in [3.63, 3.8) is 0 Å². The third-order valence-corrected chi connectivity index (χ3v) is 7.63. The van der Waals surface area contributed by atoms with Crippen LogP contribution in [-0.4, -0.2) is 47.0 Å². The second-order valence-corrected chi connectivity index (χ2v) is 12.0. The molecule has 1 atom stereocenters. The predicted octanol–water partition coefficient (Wildman–Crippen LogP) is 4.47. The Hall–Kier alpha value is -4.24. The van der Waals surface area contributed by atoms with E-state index in [1.165, 1.54) is 0 Å². The lowest BCUT2D eigenvalue weighted by Gasteiger charge is -2.25. The molecule has 41 heavy (non-hydrogen) atoms. The number of carbonyl (C=O) groups excluding carboxylic acids is 3. The van der Waals surface area contributed by atoms with Crippen LogP contribution in [0.3, 0.4) is 0 Å². The van der Waals surface area contributed by atoms with E-state index in [4.69, 9.17) is 4.74 Å². The van der Waals surface area contributed by atoms with Crippen molar-refractivity contribution in [2.24, 2.45) is 0 Å². The van der Waals surface area contributed by atoms with Gasteiger partial charge in [0.05, 0.1) is 12.0 Å². The van der Waals surface area contributed by atoms with Crippen molar-refractivity contribution in [1.29, 1.82) is 0 Å². The molecule has 2 aromatic carbocycles. The van der Waals surface area contributed by atoms with E-state index in [0.29, 0.717) is 31.7 Å². The summed E-state index contributed by atoms with van der Waals surface area (Å²) in [5.74, 6) is 0.462.